The zero-order valence-corrected chi connectivity index (χ0v) is 15.4. The molecule has 0 aromatic heterocycles. The first-order valence-electron chi connectivity index (χ1n) is 8.72. The first-order chi connectivity index (χ1) is 13.0. The second kappa shape index (κ2) is 8.26. The van der Waals surface area contributed by atoms with Gasteiger partial charge in [-0.3, -0.25) is 9.69 Å². The van der Waals surface area contributed by atoms with Gasteiger partial charge in [0.25, 0.3) is 0 Å². The molecule has 1 atom stereocenters. The van der Waals surface area contributed by atoms with Crippen LogP contribution in [-0.2, 0) is 4.79 Å². The van der Waals surface area contributed by atoms with Crippen LogP contribution in [0.2, 0.25) is 0 Å². The first-order valence-corrected chi connectivity index (χ1v) is 8.72. The zero-order chi connectivity index (χ0) is 19.4. The Kier molecular flexibility index (Phi) is 5.81. The number of methoxy groups -OCH3 is 2. The molecule has 7 heteroatoms. The molecule has 1 heterocycles. The van der Waals surface area contributed by atoms with E-state index in [4.69, 9.17) is 9.47 Å². The van der Waals surface area contributed by atoms with E-state index in [0.717, 1.165) is 5.69 Å². The fourth-order valence-corrected chi connectivity index (χ4v) is 3.40. The third-order valence-corrected chi connectivity index (χ3v) is 4.82. The van der Waals surface area contributed by atoms with Crippen molar-refractivity contribution in [3.8, 4) is 11.5 Å². The molecule has 144 valence electrons. The zero-order valence-electron chi connectivity index (χ0n) is 15.4. The van der Waals surface area contributed by atoms with Crippen LogP contribution < -0.4 is 14.4 Å². The Hall–Kier alpha value is -2.80. The van der Waals surface area contributed by atoms with Gasteiger partial charge in [-0.25, -0.2) is 4.39 Å². The number of aliphatic carboxylic acids is 1. The van der Waals surface area contributed by atoms with Gasteiger partial charge in [-0.05, 0) is 29.8 Å². The molecule has 0 radical (unpaired) electrons. The molecule has 1 N–H and O–H groups in total. The highest BCUT2D eigenvalue weighted by molar-refractivity contribution is 5.76. The summed E-state index contributed by atoms with van der Waals surface area (Å²) in [7, 11) is 3.00. The van der Waals surface area contributed by atoms with Crippen molar-refractivity contribution in [3.63, 3.8) is 0 Å². The van der Waals surface area contributed by atoms with Gasteiger partial charge in [0, 0.05) is 37.9 Å². The predicted molar refractivity (Wildman–Crippen MR) is 100 cm³/mol. The van der Waals surface area contributed by atoms with Crippen molar-refractivity contribution < 1.29 is 23.8 Å². The molecule has 0 spiro atoms. The molecule has 2 aromatic rings. The molecule has 1 unspecified atom stereocenters. The van der Waals surface area contributed by atoms with E-state index in [1.54, 1.807) is 43.5 Å². The molecule has 27 heavy (non-hydrogen) atoms. The lowest BCUT2D eigenvalue weighted by Gasteiger charge is -2.39. The maximum absolute atomic E-state index is 13.6. The van der Waals surface area contributed by atoms with Gasteiger partial charge >= 0.3 is 5.97 Å². The highest BCUT2D eigenvalue weighted by Gasteiger charge is 2.30. The van der Waals surface area contributed by atoms with Gasteiger partial charge in [0.2, 0.25) is 0 Å². The van der Waals surface area contributed by atoms with Crippen LogP contribution in [0.4, 0.5) is 10.1 Å². The molecule has 1 fully saturated rings. The molecule has 6 nitrogen and oxygen atoms in total. The second-order valence-corrected chi connectivity index (χ2v) is 6.36. The minimum atomic E-state index is -0.889. The summed E-state index contributed by atoms with van der Waals surface area (Å²) in [5.41, 5.74) is 1.56. The number of halogens is 1. The number of ether oxygens (including phenoxy) is 2. The number of carboxylic acids is 1. The molecule has 1 saturated heterocycles. The number of hydrogen-bond donors (Lipinski definition) is 1. The number of anilines is 1. The normalized spacial score (nSPS) is 16.0. The summed E-state index contributed by atoms with van der Waals surface area (Å²) < 4.78 is 23.9. The van der Waals surface area contributed by atoms with Crippen molar-refractivity contribution in [2.45, 2.75) is 6.04 Å². The monoisotopic (exact) mass is 374 g/mol. The number of piperazine rings is 1. The van der Waals surface area contributed by atoms with E-state index >= 15 is 0 Å². The van der Waals surface area contributed by atoms with Gasteiger partial charge in [0.1, 0.15) is 11.8 Å². The van der Waals surface area contributed by atoms with Gasteiger partial charge in [0.15, 0.2) is 11.6 Å². The first kappa shape index (κ1) is 19.0. The van der Waals surface area contributed by atoms with Crippen LogP contribution in [-0.4, -0.2) is 56.4 Å². The van der Waals surface area contributed by atoms with Crippen LogP contribution in [0.1, 0.15) is 11.6 Å². The van der Waals surface area contributed by atoms with Crippen LogP contribution in [0.3, 0.4) is 0 Å². The highest BCUT2D eigenvalue weighted by Crippen LogP contribution is 2.29. The number of carbonyl (C=O) groups is 1. The lowest BCUT2D eigenvalue weighted by atomic mass is 10.0. The van der Waals surface area contributed by atoms with Crippen LogP contribution in [0, 0.1) is 5.82 Å². The minimum absolute atomic E-state index is 0.203. The Bertz CT molecular complexity index is 806. The molecule has 2 aromatic carbocycles. The number of benzene rings is 2. The van der Waals surface area contributed by atoms with Gasteiger partial charge in [0.05, 0.1) is 14.2 Å². The fraction of sp³-hybridized carbons (Fsp3) is 0.350. The van der Waals surface area contributed by atoms with Gasteiger partial charge in [-0.15, -0.1) is 0 Å². The number of rotatable bonds is 6. The van der Waals surface area contributed by atoms with E-state index in [1.165, 1.54) is 13.2 Å². The van der Waals surface area contributed by atoms with Gasteiger partial charge in [-0.2, -0.15) is 0 Å². The summed E-state index contributed by atoms with van der Waals surface area (Å²) in [6, 6.07) is 11.2. The minimum Gasteiger partial charge on any atom is -0.497 e. The Labute approximate surface area is 157 Å². The van der Waals surface area contributed by atoms with Gasteiger partial charge < -0.3 is 19.5 Å². The van der Waals surface area contributed by atoms with Crippen molar-refractivity contribution >= 4 is 11.7 Å². The smallest absolute Gasteiger partial charge is 0.325 e. The Morgan fingerprint density at radius 1 is 1.07 bits per heavy atom. The maximum Gasteiger partial charge on any atom is 0.325 e. The van der Waals surface area contributed by atoms with E-state index in [9.17, 15) is 14.3 Å². The molecule has 0 aliphatic carbocycles. The topological polar surface area (TPSA) is 62.2 Å². The van der Waals surface area contributed by atoms with Crippen molar-refractivity contribution in [1.82, 2.24) is 4.90 Å². The Morgan fingerprint density at radius 3 is 2.44 bits per heavy atom. The Balaban J connectivity index is 1.73. The second-order valence-electron chi connectivity index (χ2n) is 6.36. The average molecular weight is 374 g/mol. The molecule has 3 rings (SSSR count). The average Bonchev–Trinajstić information content (AvgIpc) is 2.69. The summed E-state index contributed by atoms with van der Waals surface area (Å²) in [5, 5.41) is 9.77. The van der Waals surface area contributed by atoms with E-state index in [0.29, 0.717) is 37.5 Å². The third-order valence-electron chi connectivity index (χ3n) is 4.82. The summed E-state index contributed by atoms with van der Waals surface area (Å²) in [6.45, 7) is 2.44. The largest absolute Gasteiger partial charge is 0.497 e. The van der Waals surface area contributed by atoms with Crippen molar-refractivity contribution in [3.05, 3.63) is 53.8 Å². The summed E-state index contributed by atoms with van der Waals surface area (Å²) in [4.78, 5) is 16.0. The van der Waals surface area contributed by atoms with Crippen LogP contribution >= 0.6 is 0 Å². The van der Waals surface area contributed by atoms with Crippen LogP contribution in [0.25, 0.3) is 0 Å². The lowest BCUT2D eigenvalue weighted by Crippen LogP contribution is -2.49. The predicted octanol–water partition coefficient (Wildman–Crippen LogP) is 2.79. The number of hydrogen-bond acceptors (Lipinski definition) is 5. The maximum atomic E-state index is 13.6. The molecular formula is C20H23FN2O4. The van der Waals surface area contributed by atoms with Crippen molar-refractivity contribution in [2.24, 2.45) is 0 Å². The third kappa shape index (κ3) is 4.14. The summed E-state index contributed by atoms with van der Waals surface area (Å²) >= 11 is 0. The molecular weight excluding hydrogens is 351 g/mol. The quantitative estimate of drug-likeness (QED) is 0.839. The van der Waals surface area contributed by atoms with E-state index < -0.39 is 17.8 Å². The molecule has 0 bridgehead atoms. The van der Waals surface area contributed by atoms with E-state index in [-0.39, 0.29) is 5.75 Å². The molecule has 1 aliphatic rings. The van der Waals surface area contributed by atoms with Crippen LogP contribution in [0.5, 0.6) is 11.5 Å². The van der Waals surface area contributed by atoms with E-state index in [2.05, 4.69) is 4.90 Å². The van der Waals surface area contributed by atoms with Gasteiger partial charge in [-0.1, -0.05) is 12.1 Å². The van der Waals surface area contributed by atoms with Crippen LogP contribution in [0.15, 0.2) is 42.5 Å². The fourth-order valence-electron chi connectivity index (χ4n) is 3.40. The lowest BCUT2D eigenvalue weighted by molar-refractivity contribution is -0.143. The summed E-state index contributed by atoms with van der Waals surface area (Å²) in [6.07, 6.45) is 0. The standard InChI is InChI=1S/C20H23FN2O4/c1-26-16-5-3-4-14(12-16)19(20(24)25)23-10-8-22(9-11-23)15-6-7-17(21)18(13-15)27-2/h3-7,12-13,19H,8-11H2,1-2H3,(H,24,25). The Morgan fingerprint density at radius 2 is 1.81 bits per heavy atom. The SMILES string of the molecule is COc1cccc(C(C(=O)O)N2CCN(c3ccc(F)c(OC)c3)CC2)c1. The highest BCUT2D eigenvalue weighted by atomic mass is 19.1. The van der Waals surface area contributed by atoms with E-state index in [1.807, 2.05) is 4.90 Å². The molecule has 0 amide bonds. The number of nitrogens with zero attached hydrogens (tertiary/aromatic N) is 2. The number of carboxylic acid groups (broad SMARTS) is 1. The summed E-state index contributed by atoms with van der Waals surface area (Å²) in [5.74, 6) is -0.450. The molecule has 0 saturated carbocycles. The van der Waals surface area contributed by atoms with Crippen molar-refractivity contribution in [2.75, 3.05) is 45.3 Å². The van der Waals surface area contributed by atoms with Crippen molar-refractivity contribution in [1.29, 1.82) is 0 Å². The molecule has 1 aliphatic heterocycles.